The van der Waals surface area contributed by atoms with Gasteiger partial charge in [0, 0.05) is 50.0 Å². The van der Waals surface area contributed by atoms with Gasteiger partial charge in [-0.3, -0.25) is 0 Å². The van der Waals surface area contributed by atoms with Crippen molar-refractivity contribution in [1.82, 2.24) is 25.5 Å². The van der Waals surface area contributed by atoms with Crippen LogP contribution in [0.25, 0.3) is 0 Å². The smallest absolute Gasteiger partial charge is 0.191 e. The molecule has 27 heavy (non-hydrogen) atoms. The Balaban J connectivity index is 1.55. The Morgan fingerprint density at radius 1 is 1.15 bits per heavy atom. The number of aliphatic imine (C=N–C) groups is 1. The van der Waals surface area contributed by atoms with Crippen LogP contribution in [0.1, 0.15) is 22.4 Å². The second-order valence-electron chi connectivity index (χ2n) is 6.73. The van der Waals surface area contributed by atoms with Crippen molar-refractivity contribution >= 4 is 23.1 Å². The van der Waals surface area contributed by atoms with Gasteiger partial charge in [0.15, 0.2) is 5.96 Å². The average Bonchev–Trinajstić information content (AvgIpc) is 3.10. The van der Waals surface area contributed by atoms with Gasteiger partial charge < -0.3 is 20.4 Å². The Morgan fingerprint density at radius 2 is 1.96 bits per heavy atom. The van der Waals surface area contributed by atoms with E-state index >= 15 is 0 Å². The summed E-state index contributed by atoms with van der Waals surface area (Å²) in [6, 6.07) is 4.23. The maximum atomic E-state index is 4.67. The van der Waals surface area contributed by atoms with Gasteiger partial charge in [0.2, 0.25) is 0 Å². The number of hydrogen-bond acceptors (Lipinski definition) is 6. The number of nitrogens with zero attached hydrogens (tertiary/aromatic N) is 5. The summed E-state index contributed by atoms with van der Waals surface area (Å²) in [5.74, 6) is 1.86. The Hall–Kier alpha value is -2.19. The van der Waals surface area contributed by atoms with Crippen LogP contribution >= 0.6 is 11.3 Å². The van der Waals surface area contributed by atoms with Crippen LogP contribution in [0, 0.1) is 6.92 Å². The van der Waals surface area contributed by atoms with Crippen LogP contribution in [0.3, 0.4) is 0 Å². The first-order valence-corrected chi connectivity index (χ1v) is 10.3. The lowest BCUT2D eigenvalue weighted by Gasteiger charge is -2.33. The van der Waals surface area contributed by atoms with E-state index in [1.54, 1.807) is 11.3 Å². The summed E-state index contributed by atoms with van der Waals surface area (Å²) in [6.45, 7) is 10.5. The summed E-state index contributed by atoms with van der Waals surface area (Å²) in [5, 5.41) is 7.69. The summed E-state index contributed by atoms with van der Waals surface area (Å²) in [5.41, 5.74) is 1.11. The fraction of sp³-hybridized carbons (Fsp3) is 0.526. The van der Waals surface area contributed by atoms with Gasteiger partial charge in [0.1, 0.15) is 10.8 Å². The molecule has 1 aliphatic rings. The van der Waals surface area contributed by atoms with Crippen LogP contribution in [0.5, 0.6) is 0 Å². The molecule has 2 N–H and O–H groups in total. The van der Waals surface area contributed by atoms with E-state index in [2.05, 4.69) is 68.4 Å². The topological polar surface area (TPSA) is 68.7 Å². The molecule has 0 amide bonds. The minimum atomic E-state index is 0.599. The van der Waals surface area contributed by atoms with Gasteiger partial charge in [-0.25, -0.2) is 15.0 Å². The first kappa shape index (κ1) is 19.6. The molecule has 2 aromatic heterocycles. The van der Waals surface area contributed by atoms with Crippen molar-refractivity contribution in [3.8, 4) is 0 Å². The first-order valence-electron chi connectivity index (χ1n) is 9.46. The number of nitrogens with one attached hydrogen (secondary N) is 2. The summed E-state index contributed by atoms with van der Waals surface area (Å²) >= 11 is 1.70. The van der Waals surface area contributed by atoms with Crippen molar-refractivity contribution in [2.75, 3.05) is 44.7 Å². The molecule has 1 aliphatic heterocycles. The highest BCUT2D eigenvalue weighted by Gasteiger charge is 2.14. The summed E-state index contributed by atoms with van der Waals surface area (Å²) < 4.78 is 0. The van der Waals surface area contributed by atoms with E-state index in [0.717, 1.165) is 55.1 Å². The molecular weight excluding hydrogens is 358 g/mol. The van der Waals surface area contributed by atoms with E-state index in [1.807, 2.05) is 12.4 Å². The molecule has 3 heterocycles. The third-order valence-electron chi connectivity index (χ3n) is 4.48. The van der Waals surface area contributed by atoms with Crippen LogP contribution in [0.15, 0.2) is 29.5 Å². The van der Waals surface area contributed by atoms with Crippen molar-refractivity contribution in [1.29, 1.82) is 0 Å². The number of likely N-dealkylation sites (N-methyl/N-ethyl adjacent to an activating group) is 1. The third kappa shape index (κ3) is 5.90. The zero-order chi connectivity index (χ0) is 19.1. The van der Waals surface area contributed by atoms with E-state index in [9.17, 15) is 0 Å². The van der Waals surface area contributed by atoms with Crippen molar-refractivity contribution < 1.29 is 0 Å². The summed E-state index contributed by atoms with van der Waals surface area (Å²) in [4.78, 5) is 19.6. The van der Waals surface area contributed by atoms with E-state index in [-0.39, 0.29) is 0 Å². The second kappa shape index (κ2) is 9.66. The number of piperazine rings is 1. The highest BCUT2D eigenvalue weighted by Crippen LogP contribution is 2.14. The monoisotopic (exact) mass is 387 g/mol. The number of aryl methyl sites for hydroxylation is 1. The van der Waals surface area contributed by atoms with E-state index in [0.29, 0.717) is 13.1 Å². The van der Waals surface area contributed by atoms with Crippen molar-refractivity contribution in [2.24, 2.45) is 4.99 Å². The van der Waals surface area contributed by atoms with E-state index < -0.39 is 0 Å². The normalized spacial score (nSPS) is 15.8. The lowest BCUT2D eigenvalue weighted by atomic mass is 10.2. The summed E-state index contributed by atoms with van der Waals surface area (Å²) in [7, 11) is 2.16. The van der Waals surface area contributed by atoms with Gasteiger partial charge in [0.25, 0.3) is 0 Å². The average molecular weight is 388 g/mol. The highest BCUT2D eigenvalue weighted by molar-refractivity contribution is 7.11. The number of guanidine groups is 1. The highest BCUT2D eigenvalue weighted by atomic mass is 32.1. The Bertz CT molecular complexity index is 733. The number of pyridine rings is 1. The van der Waals surface area contributed by atoms with E-state index in [1.165, 1.54) is 4.88 Å². The zero-order valence-electron chi connectivity index (χ0n) is 16.4. The van der Waals surface area contributed by atoms with Gasteiger partial charge in [-0.15, -0.1) is 11.3 Å². The fourth-order valence-corrected chi connectivity index (χ4v) is 3.61. The van der Waals surface area contributed by atoms with Gasteiger partial charge in [-0.2, -0.15) is 0 Å². The maximum absolute atomic E-state index is 4.67. The minimum Gasteiger partial charge on any atom is -0.357 e. The molecule has 0 bridgehead atoms. The molecular formula is C19H29N7S. The van der Waals surface area contributed by atoms with Crippen molar-refractivity contribution in [3.63, 3.8) is 0 Å². The SMILES string of the molecule is CCNC(=NCc1ccc(N2CCN(C)CC2)nc1)NCc1ncc(C)s1. The molecule has 1 saturated heterocycles. The van der Waals surface area contributed by atoms with Crippen LogP contribution in [-0.2, 0) is 13.1 Å². The third-order valence-corrected chi connectivity index (χ3v) is 5.39. The summed E-state index contributed by atoms with van der Waals surface area (Å²) in [6.07, 6.45) is 3.84. The fourth-order valence-electron chi connectivity index (χ4n) is 2.89. The molecule has 3 rings (SSSR count). The largest absolute Gasteiger partial charge is 0.357 e. The Morgan fingerprint density at radius 3 is 2.59 bits per heavy atom. The van der Waals surface area contributed by atoms with Crippen LogP contribution < -0.4 is 15.5 Å². The van der Waals surface area contributed by atoms with Crippen LogP contribution in [-0.4, -0.2) is 60.6 Å². The van der Waals surface area contributed by atoms with Crippen molar-refractivity contribution in [2.45, 2.75) is 26.9 Å². The molecule has 8 heteroatoms. The Labute approximate surface area is 165 Å². The lowest BCUT2D eigenvalue weighted by molar-refractivity contribution is 0.312. The predicted molar refractivity (Wildman–Crippen MR) is 112 cm³/mol. The molecule has 0 unspecified atom stereocenters. The number of hydrogen-bond donors (Lipinski definition) is 2. The standard InChI is InChI=1S/C19H29N7S/c1-4-20-19(24-14-18-22-11-15(2)27-18)23-13-16-5-6-17(21-12-16)26-9-7-25(3)8-10-26/h5-6,11-12H,4,7-10,13-14H2,1-3H3,(H2,20,23,24). The number of rotatable bonds is 6. The molecule has 1 fully saturated rings. The van der Waals surface area contributed by atoms with Gasteiger partial charge in [-0.05, 0) is 32.5 Å². The molecule has 0 aromatic carbocycles. The molecule has 0 spiro atoms. The van der Waals surface area contributed by atoms with Crippen molar-refractivity contribution in [3.05, 3.63) is 40.0 Å². The second-order valence-corrected chi connectivity index (χ2v) is 8.05. The first-order chi connectivity index (χ1) is 13.1. The molecule has 0 radical (unpaired) electrons. The zero-order valence-corrected chi connectivity index (χ0v) is 17.2. The van der Waals surface area contributed by atoms with Gasteiger partial charge >= 0.3 is 0 Å². The van der Waals surface area contributed by atoms with Gasteiger partial charge in [-0.1, -0.05) is 6.07 Å². The molecule has 0 atom stereocenters. The minimum absolute atomic E-state index is 0.599. The molecule has 0 saturated carbocycles. The Kier molecular flexibility index (Phi) is 7.00. The van der Waals surface area contributed by atoms with Crippen LogP contribution in [0.2, 0.25) is 0 Å². The quantitative estimate of drug-likeness (QED) is 0.582. The van der Waals surface area contributed by atoms with Crippen LogP contribution in [0.4, 0.5) is 5.82 Å². The maximum Gasteiger partial charge on any atom is 0.191 e. The van der Waals surface area contributed by atoms with E-state index in [4.69, 9.17) is 0 Å². The predicted octanol–water partition coefficient (Wildman–Crippen LogP) is 1.85. The lowest BCUT2D eigenvalue weighted by Crippen LogP contribution is -2.44. The number of thiazole rings is 1. The van der Waals surface area contributed by atoms with Gasteiger partial charge in [0.05, 0.1) is 13.1 Å². The molecule has 2 aromatic rings. The molecule has 0 aliphatic carbocycles. The molecule has 146 valence electrons. The number of aromatic nitrogens is 2. The number of anilines is 1. The molecule has 7 nitrogen and oxygen atoms in total.